The van der Waals surface area contributed by atoms with E-state index in [1.165, 1.54) is 0 Å². The number of nitrogens with zero attached hydrogens (tertiary/aromatic N) is 1. The molecule has 21 heavy (non-hydrogen) atoms. The first-order chi connectivity index (χ1) is 10.2. The Hall–Kier alpha value is -2.56. The molecule has 0 amide bonds. The van der Waals surface area contributed by atoms with Gasteiger partial charge in [-0.25, -0.2) is 9.59 Å². The number of hydrogen-bond donors (Lipinski definition) is 0. The molecule has 0 atom stereocenters. The normalized spacial score (nSPS) is 10.2. The average molecular weight is 287 g/mol. The molecule has 1 aromatic carbocycles. The minimum atomic E-state index is -0.475. The van der Waals surface area contributed by atoms with Gasteiger partial charge in [0.05, 0.1) is 13.2 Å². The fourth-order valence-corrected chi connectivity index (χ4v) is 2.02. The van der Waals surface area contributed by atoms with Crippen molar-refractivity contribution < 1.29 is 19.1 Å². The number of esters is 2. The number of ether oxygens (including phenoxy) is 2. The summed E-state index contributed by atoms with van der Waals surface area (Å²) in [5.41, 5.74) is 1.30. The first-order valence-electron chi connectivity index (χ1n) is 6.80. The number of rotatable bonds is 5. The summed E-state index contributed by atoms with van der Waals surface area (Å²) in [5, 5.41) is 0. The van der Waals surface area contributed by atoms with E-state index in [0.29, 0.717) is 17.1 Å². The Balaban J connectivity index is 2.53. The SMILES string of the molecule is CCOC(=O)c1ccc(C(=O)OCC)n1-c1ccccc1. The molecule has 1 aromatic heterocycles. The molecule has 0 saturated carbocycles. The summed E-state index contributed by atoms with van der Waals surface area (Å²) in [7, 11) is 0. The molecule has 110 valence electrons. The van der Waals surface area contributed by atoms with Gasteiger partial charge < -0.3 is 9.47 Å². The fraction of sp³-hybridized carbons (Fsp3) is 0.250. The van der Waals surface area contributed by atoms with E-state index in [9.17, 15) is 9.59 Å². The summed E-state index contributed by atoms with van der Waals surface area (Å²) in [6, 6.07) is 12.3. The average Bonchev–Trinajstić information content (AvgIpc) is 2.93. The van der Waals surface area contributed by atoms with Crippen LogP contribution in [0.2, 0.25) is 0 Å². The van der Waals surface area contributed by atoms with Crippen LogP contribution >= 0.6 is 0 Å². The predicted molar refractivity (Wildman–Crippen MR) is 77.7 cm³/mol. The van der Waals surface area contributed by atoms with Gasteiger partial charge in [-0.05, 0) is 38.1 Å². The van der Waals surface area contributed by atoms with Gasteiger partial charge in [0, 0.05) is 5.69 Å². The summed E-state index contributed by atoms with van der Waals surface area (Å²) in [6.07, 6.45) is 0. The Labute approximate surface area is 123 Å². The van der Waals surface area contributed by atoms with Gasteiger partial charge >= 0.3 is 11.9 Å². The largest absolute Gasteiger partial charge is 0.461 e. The monoisotopic (exact) mass is 287 g/mol. The number of aromatic nitrogens is 1. The Morgan fingerprint density at radius 2 is 1.33 bits per heavy atom. The van der Waals surface area contributed by atoms with Crippen LogP contribution in [0.5, 0.6) is 0 Å². The molecule has 2 aromatic rings. The van der Waals surface area contributed by atoms with E-state index in [1.807, 2.05) is 30.3 Å². The highest BCUT2D eigenvalue weighted by molar-refractivity contribution is 5.94. The zero-order chi connectivity index (χ0) is 15.2. The molecular formula is C16H17NO4. The molecule has 0 N–H and O–H groups in total. The molecule has 0 bridgehead atoms. The molecule has 0 aliphatic carbocycles. The number of benzene rings is 1. The summed E-state index contributed by atoms with van der Waals surface area (Å²) < 4.78 is 11.6. The molecule has 0 aliphatic rings. The van der Waals surface area contributed by atoms with Crippen molar-refractivity contribution in [2.24, 2.45) is 0 Å². The summed E-state index contributed by atoms with van der Waals surface area (Å²) in [6.45, 7) is 4.01. The van der Waals surface area contributed by atoms with Crippen LogP contribution in [0.4, 0.5) is 0 Å². The van der Waals surface area contributed by atoms with Crippen LogP contribution in [-0.2, 0) is 9.47 Å². The molecule has 0 spiro atoms. The minimum absolute atomic E-state index is 0.271. The maximum atomic E-state index is 12.0. The third kappa shape index (κ3) is 3.13. The summed E-state index contributed by atoms with van der Waals surface area (Å²) >= 11 is 0. The van der Waals surface area contributed by atoms with E-state index in [2.05, 4.69) is 0 Å². The van der Waals surface area contributed by atoms with Gasteiger partial charge in [0.2, 0.25) is 0 Å². The lowest BCUT2D eigenvalue weighted by atomic mass is 10.3. The third-order valence-electron chi connectivity index (χ3n) is 2.86. The van der Waals surface area contributed by atoms with Crippen molar-refractivity contribution in [3.63, 3.8) is 0 Å². The van der Waals surface area contributed by atoms with Gasteiger partial charge in [0.15, 0.2) is 0 Å². The van der Waals surface area contributed by atoms with E-state index in [4.69, 9.17) is 9.47 Å². The van der Waals surface area contributed by atoms with Crippen LogP contribution in [0.25, 0.3) is 5.69 Å². The zero-order valence-electron chi connectivity index (χ0n) is 12.0. The number of carbonyl (C=O) groups excluding carboxylic acids is 2. The standard InChI is InChI=1S/C16H17NO4/c1-3-20-15(18)13-10-11-14(16(19)21-4-2)17(13)12-8-6-5-7-9-12/h5-11H,3-4H2,1-2H3. The Morgan fingerprint density at radius 3 is 1.76 bits per heavy atom. The van der Waals surface area contributed by atoms with E-state index in [1.54, 1.807) is 30.5 Å². The lowest BCUT2D eigenvalue weighted by Gasteiger charge is -2.12. The summed E-state index contributed by atoms with van der Waals surface area (Å²) in [5.74, 6) is -0.950. The number of para-hydroxylation sites is 1. The molecule has 5 heteroatoms. The van der Waals surface area contributed by atoms with Crippen molar-refractivity contribution in [2.45, 2.75) is 13.8 Å². The third-order valence-corrected chi connectivity index (χ3v) is 2.86. The zero-order valence-corrected chi connectivity index (χ0v) is 12.0. The molecule has 1 heterocycles. The van der Waals surface area contributed by atoms with Crippen molar-refractivity contribution >= 4 is 11.9 Å². The highest BCUT2D eigenvalue weighted by Crippen LogP contribution is 2.19. The maximum absolute atomic E-state index is 12.0. The molecule has 0 aliphatic heterocycles. The minimum Gasteiger partial charge on any atom is -0.461 e. The molecule has 0 saturated heterocycles. The second-order valence-electron chi connectivity index (χ2n) is 4.22. The number of hydrogen-bond acceptors (Lipinski definition) is 4. The van der Waals surface area contributed by atoms with Gasteiger partial charge in [0.1, 0.15) is 11.4 Å². The molecule has 2 rings (SSSR count). The van der Waals surface area contributed by atoms with Crippen LogP contribution in [-0.4, -0.2) is 29.7 Å². The van der Waals surface area contributed by atoms with Gasteiger partial charge in [-0.1, -0.05) is 18.2 Å². The van der Waals surface area contributed by atoms with Crippen LogP contribution < -0.4 is 0 Å². The van der Waals surface area contributed by atoms with E-state index in [0.717, 1.165) is 0 Å². The predicted octanol–water partition coefficient (Wildman–Crippen LogP) is 2.83. The van der Waals surface area contributed by atoms with Gasteiger partial charge in [-0.15, -0.1) is 0 Å². The fourth-order valence-electron chi connectivity index (χ4n) is 2.02. The smallest absolute Gasteiger partial charge is 0.355 e. The second-order valence-corrected chi connectivity index (χ2v) is 4.22. The van der Waals surface area contributed by atoms with Crippen molar-refractivity contribution in [2.75, 3.05) is 13.2 Å². The molecule has 5 nitrogen and oxygen atoms in total. The molecule has 0 unspecified atom stereocenters. The van der Waals surface area contributed by atoms with Gasteiger partial charge in [0.25, 0.3) is 0 Å². The maximum Gasteiger partial charge on any atom is 0.355 e. The van der Waals surface area contributed by atoms with Gasteiger partial charge in [-0.3, -0.25) is 4.57 Å². The quantitative estimate of drug-likeness (QED) is 0.793. The molecule has 0 fully saturated rings. The van der Waals surface area contributed by atoms with Crippen molar-refractivity contribution in [1.82, 2.24) is 4.57 Å². The highest BCUT2D eigenvalue weighted by atomic mass is 16.5. The second kappa shape index (κ2) is 6.74. The van der Waals surface area contributed by atoms with Crippen LogP contribution in [0.1, 0.15) is 34.8 Å². The Morgan fingerprint density at radius 1 is 0.857 bits per heavy atom. The van der Waals surface area contributed by atoms with Gasteiger partial charge in [-0.2, -0.15) is 0 Å². The highest BCUT2D eigenvalue weighted by Gasteiger charge is 2.21. The Bertz CT molecular complexity index is 595. The van der Waals surface area contributed by atoms with E-state index in [-0.39, 0.29) is 13.2 Å². The molecular weight excluding hydrogens is 270 g/mol. The van der Waals surface area contributed by atoms with E-state index >= 15 is 0 Å². The summed E-state index contributed by atoms with van der Waals surface area (Å²) in [4.78, 5) is 24.1. The lowest BCUT2D eigenvalue weighted by Crippen LogP contribution is -2.16. The van der Waals surface area contributed by atoms with Crippen molar-refractivity contribution in [1.29, 1.82) is 0 Å². The van der Waals surface area contributed by atoms with E-state index < -0.39 is 11.9 Å². The van der Waals surface area contributed by atoms with Crippen molar-refractivity contribution in [3.8, 4) is 5.69 Å². The number of carbonyl (C=O) groups is 2. The Kier molecular flexibility index (Phi) is 4.77. The van der Waals surface area contributed by atoms with Crippen LogP contribution in [0.15, 0.2) is 42.5 Å². The van der Waals surface area contributed by atoms with Crippen LogP contribution in [0, 0.1) is 0 Å². The van der Waals surface area contributed by atoms with Crippen molar-refractivity contribution in [3.05, 3.63) is 53.9 Å². The first kappa shape index (κ1) is 14.8. The van der Waals surface area contributed by atoms with Crippen LogP contribution in [0.3, 0.4) is 0 Å². The first-order valence-corrected chi connectivity index (χ1v) is 6.80. The lowest BCUT2D eigenvalue weighted by molar-refractivity contribution is 0.0509. The topological polar surface area (TPSA) is 57.5 Å². The molecule has 0 radical (unpaired) electrons.